The van der Waals surface area contributed by atoms with Crippen molar-refractivity contribution in [2.45, 2.75) is 20.8 Å². The minimum absolute atomic E-state index is 0.241. The maximum atomic E-state index is 11.6. The van der Waals surface area contributed by atoms with Crippen LogP contribution in [-0.4, -0.2) is 25.7 Å². The third kappa shape index (κ3) is 3.98. The van der Waals surface area contributed by atoms with Crippen molar-refractivity contribution in [1.29, 1.82) is 0 Å². The SMILES string of the molecule is CCOC(=O)c1ccc(OC(=O)C(C)C)c(OC)c1. The number of carbonyl (C=O) groups is 2. The molecule has 0 saturated heterocycles. The van der Waals surface area contributed by atoms with Crippen LogP contribution in [0.5, 0.6) is 11.5 Å². The van der Waals surface area contributed by atoms with Crippen molar-refractivity contribution in [3.63, 3.8) is 0 Å². The number of hydrogen-bond acceptors (Lipinski definition) is 5. The summed E-state index contributed by atoms with van der Waals surface area (Å²) < 4.78 is 15.2. The average molecular weight is 266 g/mol. The molecule has 0 unspecified atom stereocenters. The van der Waals surface area contributed by atoms with Gasteiger partial charge in [0.1, 0.15) is 0 Å². The van der Waals surface area contributed by atoms with Gasteiger partial charge in [-0.3, -0.25) is 4.79 Å². The largest absolute Gasteiger partial charge is 0.493 e. The first-order chi connectivity index (χ1) is 8.99. The van der Waals surface area contributed by atoms with Crippen LogP contribution >= 0.6 is 0 Å². The van der Waals surface area contributed by atoms with Crippen LogP contribution < -0.4 is 9.47 Å². The van der Waals surface area contributed by atoms with Gasteiger partial charge in [-0.2, -0.15) is 0 Å². The maximum absolute atomic E-state index is 11.6. The van der Waals surface area contributed by atoms with Gasteiger partial charge in [-0.05, 0) is 25.1 Å². The van der Waals surface area contributed by atoms with E-state index in [1.807, 2.05) is 0 Å². The summed E-state index contributed by atoms with van der Waals surface area (Å²) in [4.78, 5) is 23.1. The Morgan fingerprint density at radius 3 is 2.42 bits per heavy atom. The molecule has 0 atom stereocenters. The van der Waals surface area contributed by atoms with Crippen LogP contribution in [0.3, 0.4) is 0 Å². The number of benzene rings is 1. The van der Waals surface area contributed by atoms with Crippen molar-refractivity contribution in [2.24, 2.45) is 5.92 Å². The lowest BCUT2D eigenvalue weighted by Crippen LogP contribution is -2.15. The lowest BCUT2D eigenvalue weighted by molar-refractivity contribution is -0.137. The van der Waals surface area contributed by atoms with Gasteiger partial charge in [0, 0.05) is 0 Å². The Bertz CT molecular complexity index is 465. The Morgan fingerprint density at radius 2 is 1.89 bits per heavy atom. The standard InChI is InChI=1S/C14H18O5/c1-5-18-14(16)10-6-7-11(12(8-10)17-4)19-13(15)9(2)3/h6-9H,5H2,1-4H3. The third-order valence-corrected chi connectivity index (χ3v) is 2.36. The van der Waals surface area contributed by atoms with Gasteiger partial charge in [-0.25, -0.2) is 4.79 Å². The summed E-state index contributed by atoms with van der Waals surface area (Å²) in [5.74, 6) is -0.437. The smallest absolute Gasteiger partial charge is 0.338 e. The van der Waals surface area contributed by atoms with Gasteiger partial charge in [0.2, 0.25) is 0 Å². The molecule has 104 valence electrons. The minimum atomic E-state index is -0.442. The number of hydrogen-bond donors (Lipinski definition) is 0. The van der Waals surface area contributed by atoms with Crippen LogP contribution in [0.25, 0.3) is 0 Å². The van der Waals surface area contributed by atoms with Crippen molar-refractivity contribution in [3.05, 3.63) is 23.8 Å². The van der Waals surface area contributed by atoms with Crippen molar-refractivity contribution in [1.82, 2.24) is 0 Å². The molecule has 0 aliphatic heterocycles. The molecule has 1 aromatic carbocycles. The van der Waals surface area contributed by atoms with E-state index in [1.54, 1.807) is 20.8 Å². The zero-order chi connectivity index (χ0) is 14.4. The lowest BCUT2D eigenvalue weighted by Gasteiger charge is -2.11. The normalized spacial score (nSPS) is 10.2. The highest BCUT2D eigenvalue weighted by molar-refractivity contribution is 5.90. The van der Waals surface area contributed by atoms with Crippen LogP contribution in [0, 0.1) is 5.92 Å². The Kier molecular flexibility index (Phi) is 5.36. The number of carbonyl (C=O) groups excluding carboxylic acids is 2. The summed E-state index contributed by atoms with van der Waals surface area (Å²) in [6, 6.07) is 4.54. The molecular weight excluding hydrogens is 248 g/mol. The van der Waals surface area contributed by atoms with Gasteiger partial charge >= 0.3 is 11.9 Å². The van der Waals surface area contributed by atoms with E-state index >= 15 is 0 Å². The summed E-state index contributed by atoms with van der Waals surface area (Å²) in [6.07, 6.45) is 0. The molecule has 1 aromatic rings. The molecule has 0 aromatic heterocycles. The highest BCUT2D eigenvalue weighted by atomic mass is 16.6. The second-order valence-electron chi connectivity index (χ2n) is 4.16. The average Bonchev–Trinajstić information content (AvgIpc) is 2.39. The molecule has 5 nitrogen and oxygen atoms in total. The Labute approximate surface area is 112 Å². The van der Waals surface area contributed by atoms with Gasteiger partial charge in [0.05, 0.1) is 25.2 Å². The monoisotopic (exact) mass is 266 g/mol. The first kappa shape index (κ1) is 15.0. The molecule has 0 bridgehead atoms. The first-order valence-electron chi connectivity index (χ1n) is 6.06. The Hall–Kier alpha value is -2.04. The summed E-state index contributed by atoms with van der Waals surface area (Å²) in [5.41, 5.74) is 0.350. The molecule has 1 rings (SSSR count). The van der Waals surface area contributed by atoms with Gasteiger partial charge in [0.25, 0.3) is 0 Å². The van der Waals surface area contributed by atoms with Crippen molar-refractivity contribution >= 4 is 11.9 Å². The molecule has 0 aliphatic rings. The Balaban J connectivity index is 2.96. The van der Waals surface area contributed by atoms with E-state index < -0.39 is 5.97 Å². The van der Waals surface area contributed by atoms with E-state index in [1.165, 1.54) is 25.3 Å². The van der Waals surface area contributed by atoms with Crippen LogP contribution in [0.4, 0.5) is 0 Å². The van der Waals surface area contributed by atoms with Crippen molar-refractivity contribution < 1.29 is 23.8 Å². The second-order valence-corrected chi connectivity index (χ2v) is 4.16. The zero-order valence-electron chi connectivity index (χ0n) is 11.6. The van der Waals surface area contributed by atoms with E-state index in [-0.39, 0.29) is 17.6 Å². The van der Waals surface area contributed by atoms with E-state index in [0.29, 0.717) is 17.9 Å². The summed E-state index contributed by atoms with van der Waals surface area (Å²) in [7, 11) is 1.44. The molecule has 0 fully saturated rings. The molecular formula is C14H18O5. The zero-order valence-corrected chi connectivity index (χ0v) is 11.6. The minimum Gasteiger partial charge on any atom is -0.493 e. The van der Waals surface area contributed by atoms with Crippen molar-refractivity contribution in [3.8, 4) is 11.5 Å². The van der Waals surface area contributed by atoms with Gasteiger partial charge in [-0.1, -0.05) is 13.8 Å². The van der Waals surface area contributed by atoms with Gasteiger partial charge < -0.3 is 14.2 Å². The number of ether oxygens (including phenoxy) is 3. The number of esters is 2. The number of methoxy groups -OCH3 is 1. The molecule has 19 heavy (non-hydrogen) atoms. The predicted octanol–water partition coefficient (Wildman–Crippen LogP) is 2.43. The first-order valence-corrected chi connectivity index (χ1v) is 6.06. The molecule has 0 saturated carbocycles. The highest BCUT2D eigenvalue weighted by Crippen LogP contribution is 2.29. The molecule has 0 N–H and O–H groups in total. The van der Waals surface area contributed by atoms with Crippen LogP contribution in [-0.2, 0) is 9.53 Å². The van der Waals surface area contributed by atoms with E-state index in [2.05, 4.69) is 0 Å². The van der Waals surface area contributed by atoms with Crippen LogP contribution in [0.1, 0.15) is 31.1 Å². The molecule has 0 spiro atoms. The van der Waals surface area contributed by atoms with E-state index in [9.17, 15) is 9.59 Å². The fourth-order valence-corrected chi connectivity index (χ4v) is 1.32. The van der Waals surface area contributed by atoms with Crippen LogP contribution in [0.15, 0.2) is 18.2 Å². The lowest BCUT2D eigenvalue weighted by atomic mass is 10.2. The number of rotatable bonds is 5. The highest BCUT2D eigenvalue weighted by Gasteiger charge is 2.16. The summed E-state index contributed by atoms with van der Waals surface area (Å²) in [6.45, 7) is 5.50. The summed E-state index contributed by atoms with van der Waals surface area (Å²) in [5, 5.41) is 0. The van der Waals surface area contributed by atoms with Gasteiger partial charge in [0.15, 0.2) is 11.5 Å². The predicted molar refractivity (Wildman–Crippen MR) is 69.4 cm³/mol. The topological polar surface area (TPSA) is 61.8 Å². The molecule has 0 heterocycles. The summed E-state index contributed by atoms with van der Waals surface area (Å²) >= 11 is 0. The van der Waals surface area contributed by atoms with Crippen molar-refractivity contribution in [2.75, 3.05) is 13.7 Å². The molecule has 0 amide bonds. The molecule has 0 aliphatic carbocycles. The fourth-order valence-electron chi connectivity index (χ4n) is 1.32. The third-order valence-electron chi connectivity index (χ3n) is 2.36. The quantitative estimate of drug-likeness (QED) is 0.605. The second kappa shape index (κ2) is 6.78. The van der Waals surface area contributed by atoms with E-state index in [0.717, 1.165) is 0 Å². The Morgan fingerprint density at radius 1 is 1.21 bits per heavy atom. The fraction of sp³-hybridized carbons (Fsp3) is 0.429. The van der Waals surface area contributed by atoms with Gasteiger partial charge in [-0.15, -0.1) is 0 Å². The maximum Gasteiger partial charge on any atom is 0.338 e. The van der Waals surface area contributed by atoms with E-state index in [4.69, 9.17) is 14.2 Å². The van der Waals surface area contributed by atoms with Crippen LogP contribution in [0.2, 0.25) is 0 Å². The molecule has 5 heteroatoms. The molecule has 0 radical (unpaired) electrons.